The minimum Gasteiger partial charge on any atom is -0.478 e. The van der Waals surface area contributed by atoms with Crippen molar-refractivity contribution in [3.8, 4) is 0 Å². The van der Waals surface area contributed by atoms with Gasteiger partial charge in [0.05, 0.1) is 5.56 Å². The summed E-state index contributed by atoms with van der Waals surface area (Å²) in [5, 5.41) is 9.13. The van der Waals surface area contributed by atoms with E-state index in [0.717, 1.165) is 31.6 Å². The summed E-state index contributed by atoms with van der Waals surface area (Å²) in [4.78, 5) is 20.2. The van der Waals surface area contributed by atoms with Gasteiger partial charge in [0, 0.05) is 17.8 Å². The van der Waals surface area contributed by atoms with Crippen LogP contribution in [0.5, 0.6) is 0 Å². The summed E-state index contributed by atoms with van der Waals surface area (Å²) in [6.45, 7) is 1.96. The number of nitrogens with one attached hydrogen (secondary N) is 1. The lowest BCUT2D eigenvalue weighted by atomic mass is 9.91. The number of H-pyrrole nitrogens is 1. The number of piperidine rings is 1. The maximum atomic E-state index is 11.1. The number of hydrogen-bond donors (Lipinski definition) is 2. The van der Waals surface area contributed by atoms with Crippen molar-refractivity contribution in [2.75, 3.05) is 20.1 Å². The zero-order valence-corrected chi connectivity index (χ0v) is 10.5. The van der Waals surface area contributed by atoms with Crippen molar-refractivity contribution in [1.82, 2.24) is 14.9 Å². The first-order valence-corrected chi connectivity index (χ1v) is 6.00. The van der Waals surface area contributed by atoms with E-state index >= 15 is 0 Å². The molecular weight excluding hydrogens is 238 g/mol. The molecule has 0 unspecified atom stereocenters. The highest BCUT2D eigenvalue weighted by atomic mass is 32.1. The van der Waals surface area contributed by atoms with E-state index in [0.29, 0.717) is 4.77 Å². The Morgan fingerprint density at radius 2 is 2.24 bits per heavy atom. The van der Waals surface area contributed by atoms with E-state index in [-0.39, 0.29) is 11.5 Å². The molecule has 1 aromatic rings. The van der Waals surface area contributed by atoms with Gasteiger partial charge in [0.1, 0.15) is 0 Å². The van der Waals surface area contributed by atoms with Gasteiger partial charge in [-0.15, -0.1) is 0 Å². The first-order valence-electron chi connectivity index (χ1n) is 5.59. The summed E-state index contributed by atoms with van der Waals surface area (Å²) in [5.74, 6) is -0.709. The number of likely N-dealkylation sites (tertiary alicyclic amines) is 1. The molecule has 17 heavy (non-hydrogen) atoms. The van der Waals surface area contributed by atoms with Crippen LogP contribution in [0.2, 0.25) is 0 Å². The smallest absolute Gasteiger partial charge is 0.339 e. The van der Waals surface area contributed by atoms with E-state index in [1.807, 2.05) is 0 Å². The van der Waals surface area contributed by atoms with Crippen molar-refractivity contribution in [3.05, 3.63) is 22.2 Å². The van der Waals surface area contributed by atoms with Gasteiger partial charge in [-0.1, -0.05) is 0 Å². The minimum atomic E-state index is -0.947. The molecule has 1 aromatic heterocycles. The number of rotatable bonds is 2. The molecular formula is C11H15N3O2S. The molecule has 1 fully saturated rings. The number of carbonyl (C=O) groups is 1. The highest BCUT2D eigenvalue weighted by molar-refractivity contribution is 7.71. The predicted octanol–water partition coefficient (Wildman–Crippen LogP) is 1.65. The zero-order valence-electron chi connectivity index (χ0n) is 9.64. The predicted molar refractivity (Wildman–Crippen MR) is 65.9 cm³/mol. The molecule has 5 nitrogen and oxygen atoms in total. The number of aromatic nitrogens is 2. The van der Waals surface area contributed by atoms with Gasteiger partial charge in [-0.25, -0.2) is 9.78 Å². The quantitative estimate of drug-likeness (QED) is 0.784. The summed E-state index contributed by atoms with van der Waals surface area (Å²) in [6, 6.07) is 0. The van der Waals surface area contributed by atoms with E-state index in [2.05, 4.69) is 21.9 Å². The molecule has 1 aliphatic rings. The Morgan fingerprint density at radius 1 is 1.59 bits per heavy atom. The van der Waals surface area contributed by atoms with Gasteiger partial charge < -0.3 is 15.0 Å². The Hall–Kier alpha value is -1.27. The summed E-state index contributed by atoms with van der Waals surface area (Å²) >= 11 is 4.97. The molecule has 0 aromatic carbocycles. The molecule has 0 bridgehead atoms. The van der Waals surface area contributed by atoms with E-state index in [1.165, 1.54) is 6.20 Å². The van der Waals surface area contributed by atoms with Gasteiger partial charge in [-0.05, 0) is 45.2 Å². The molecule has 0 amide bonds. The second-order valence-electron chi connectivity index (χ2n) is 4.40. The van der Waals surface area contributed by atoms with Crippen molar-refractivity contribution in [2.45, 2.75) is 18.8 Å². The standard InChI is InChI=1S/C11H15N3O2S/c1-14-4-2-7(3-5-14)9-8(10(15)16)6-12-11(17)13-9/h6-7H,2-5H2,1H3,(H,15,16)(H,12,13,17). The van der Waals surface area contributed by atoms with Gasteiger partial charge in [-0.3, -0.25) is 0 Å². The van der Waals surface area contributed by atoms with Gasteiger partial charge >= 0.3 is 5.97 Å². The van der Waals surface area contributed by atoms with Crippen LogP contribution in [-0.2, 0) is 0 Å². The highest BCUT2D eigenvalue weighted by Gasteiger charge is 2.23. The first kappa shape index (κ1) is 12.2. The van der Waals surface area contributed by atoms with E-state index < -0.39 is 5.97 Å². The molecule has 92 valence electrons. The molecule has 0 saturated carbocycles. The molecule has 0 aliphatic carbocycles. The summed E-state index contributed by atoms with van der Waals surface area (Å²) < 4.78 is 0.351. The van der Waals surface area contributed by atoms with Crippen molar-refractivity contribution < 1.29 is 9.90 Å². The number of hydrogen-bond acceptors (Lipinski definition) is 4. The average Bonchev–Trinajstić information content (AvgIpc) is 2.29. The first-order chi connectivity index (χ1) is 8.08. The lowest BCUT2D eigenvalue weighted by molar-refractivity contribution is 0.0693. The molecule has 2 rings (SSSR count). The minimum absolute atomic E-state index is 0.238. The van der Waals surface area contributed by atoms with Crippen LogP contribution in [0, 0.1) is 4.77 Å². The average molecular weight is 253 g/mol. The number of carboxylic acids is 1. The van der Waals surface area contributed by atoms with Crippen LogP contribution in [0.25, 0.3) is 0 Å². The van der Waals surface area contributed by atoms with Crippen molar-refractivity contribution in [3.63, 3.8) is 0 Å². The molecule has 0 radical (unpaired) electrons. The number of aromatic carboxylic acids is 1. The fourth-order valence-corrected chi connectivity index (χ4v) is 2.36. The van der Waals surface area contributed by atoms with E-state index in [1.54, 1.807) is 0 Å². The van der Waals surface area contributed by atoms with Gasteiger partial charge in [0.2, 0.25) is 0 Å². The fraction of sp³-hybridized carbons (Fsp3) is 0.545. The van der Waals surface area contributed by atoms with Crippen LogP contribution >= 0.6 is 12.2 Å². The number of aromatic amines is 1. The van der Waals surface area contributed by atoms with Gasteiger partial charge in [0.15, 0.2) is 4.77 Å². The lowest BCUT2D eigenvalue weighted by Gasteiger charge is -2.29. The van der Waals surface area contributed by atoms with E-state index in [4.69, 9.17) is 17.3 Å². The Bertz CT molecular complexity index is 478. The van der Waals surface area contributed by atoms with Crippen LogP contribution in [0.1, 0.15) is 34.8 Å². The third-order valence-electron chi connectivity index (χ3n) is 3.20. The van der Waals surface area contributed by atoms with Crippen molar-refractivity contribution >= 4 is 18.2 Å². The maximum absolute atomic E-state index is 11.1. The fourth-order valence-electron chi connectivity index (χ4n) is 2.20. The van der Waals surface area contributed by atoms with Gasteiger partial charge in [0.25, 0.3) is 0 Å². The largest absolute Gasteiger partial charge is 0.478 e. The van der Waals surface area contributed by atoms with Crippen LogP contribution in [0.4, 0.5) is 0 Å². The normalized spacial score (nSPS) is 18.2. The Kier molecular flexibility index (Phi) is 3.54. The van der Waals surface area contributed by atoms with Crippen LogP contribution in [-0.4, -0.2) is 46.1 Å². The molecule has 1 saturated heterocycles. The van der Waals surface area contributed by atoms with Crippen LogP contribution in [0.3, 0.4) is 0 Å². The summed E-state index contributed by atoms with van der Waals surface area (Å²) in [5.41, 5.74) is 0.971. The second kappa shape index (κ2) is 4.93. The Morgan fingerprint density at radius 3 is 2.82 bits per heavy atom. The lowest BCUT2D eigenvalue weighted by Crippen LogP contribution is -2.30. The van der Waals surface area contributed by atoms with Crippen LogP contribution < -0.4 is 0 Å². The van der Waals surface area contributed by atoms with Crippen molar-refractivity contribution in [2.24, 2.45) is 0 Å². The molecule has 0 spiro atoms. The zero-order chi connectivity index (χ0) is 12.4. The monoisotopic (exact) mass is 253 g/mol. The SMILES string of the molecule is CN1CCC(c2[nH]c(=S)ncc2C(=O)O)CC1. The third-order valence-corrected chi connectivity index (χ3v) is 3.41. The molecule has 2 N–H and O–H groups in total. The number of nitrogens with zero attached hydrogens (tertiary/aromatic N) is 2. The maximum Gasteiger partial charge on any atom is 0.339 e. The van der Waals surface area contributed by atoms with E-state index in [9.17, 15) is 4.79 Å². The molecule has 6 heteroatoms. The Labute approximate surface area is 104 Å². The van der Waals surface area contributed by atoms with Crippen molar-refractivity contribution in [1.29, 1.82) is 0 Å². The topological polar surface area (TPSA) is 69.2 Å². The van der Waals surface area contributed by atoms with Gasteiger partial charge in [-0.2, -0.15) is 0 Å². The second-order valence-corrected chi connectivity index (χ2v) is 4.79. The summed E-state index contributed by atoms with van der Waals surface area (Å²) in [6.07, 6.45) is 3.26. The molecule has 0 atom stereocenters. The molecule has 1 aliphatic heterocycles. The Balaban J connectivity index is 2.33. The molecule has 2 heterocycles. The third kappa shape index (κ3) is 2.70. The summed E-state index contributed by atoms with van der Waals surface area (Å²) in [7, 11) is 2.07. The number of carboxylic acid groups (broad SMARTS) is 1. The van der Waals surface area contributed by atoms with Crippen LogP contribution in [0.15, 0.2) is 6.20 Å². The highest BCUT2D eigenvalue weighted by Crippen LogP contribution is 2.28.